The summed E-state index contributed by atoms with van der Waals surface area (Å²) in [7, 11) is 0. The SMILES string of the molecule is O=C(NC[C@@H](Cc1nccs1)C(=O)O)c1cc(-c2ccccc2)on1. The molecule has 2 aromatic heterocycles. The molecule has 1 aromatic carbocycles. The van der Waals surface area contributed by atoms with Crippen molar-refractivity contribution in [2.24, 2.45) is 5.92 Å². The van der Waals surface area contributed by atoms with Crippen molar-refractivity contribution in [3.8, 4) is 11.3 Å². The number of nitrogens with zero attached hydrogens (tertiary/aromatic N) is 2. The molecule has 0 saturated heterocycles. The van der Waals surface area contributed by atoms with E-state index in [1.54, 1.807) is 11.6 Å². The number of aromatic nitrogens is 2. The van der Waals surface area contributed by atoms with Crippen LogP contribution in [-0.4, -0.2) is 33.7 Å². The number of hydrogen-bond acceptors (Lipinski definition) is 6. The Morgan fingerprint density at radius 3 is 2.76 bits per heavy atom. The van der Waals surface area contributed by atoms with Gasteiger partial charge in [0, 0.05) is 36.2 Å². The van der Waals surface area contributed by atoms with E-state index in [2.05, 4.69) is 15.5 Å². The molecular formula is C17H15N3O4S. The minimum Gasteiger partial charge on any atom is -0.481 e. The number of carbonyl (C=O) groups excluding carboxylic acids is 1. The molecule has 0 bridgehead atoms. The maximum absolute atomic E-state index is 12.2. The summed E-state index contributed by atoms with van der Waals surface area (Å²) in [5.41, 5.74) is 0.915. The van der Waals surface area contributed by atoms with E-state index in [0.717, 1.165) is 10.6 Å². The average Bonchev–Trinajstić information content (AvgIpc) is 3.30. The van der Waals surface area contributed by atoms with Crippen molar-refractivity contribution < 1.29 is 19.2 Å². The summed E-state index contributed by atoms with van der Waals surface area (Å²) in [5.74, 6) is -1.74. The molecule has 2 heterocycles. The third-order valence-electron chi connectivity index (χ3n) is 3.56. The Morgan fingerprint density at radius 2 is 2.08 bits per heavy atom. The minimum absolute atomic E-state index is 0.0126. The van der Waals surface area contributed by atoms with E-state index >= 15 is 0 Å². The number of rotatable bonds is 7. The van der Waals surface area contributed by atoms with Crippen LogP contribution in [0.25, 0.3) is 11.3 Å². The Balaban J connectivity index is 1.61. The van der Waals surface area contributed by atoms with Crippen LogP contribution < -0.4 is 5.32 Å². The molecule has 0 saturated carbocycles. The Bertz CT molecular complexity index is 846. The Morgan fingerprint density at radius 1 is 1.28 bits per heavy atom. The summed E-state index contributed by atoms with van der Waals surface area (Å²) < 4.78 is 5.18. The zero-order valence-corrected chi connectivity index (χ0v) is 13.9. The molecule has 0 radical (unpaired) electrons. The number of carboxylic acids is 1. The zero-order chi connectivity index (χ0) is 17.6. The summed E-state index contributed by atoms with van der Waals surface area (Å²) in [5, 5.41) is 18.1. The van der Waals surface area contributed by atoms with Crippen LogP contribution in [0.2, 0.25) is 0 Å². The van der Waals surface area contributed by atoms with Crippen LogP contribution in [0.3, 0.4) is 0 Å². The first kappa shape index (κ1) is 16.8. The fraction of sp³-hybridized carbons (Fsp3) is 0.176. The second-order valence-electron chi connectivity index (χ2n) is 5.32. The summed E-state index contributed by atoms with van der Waals surface area (Å²) in [6, 6.07) is 10.8. The van der Waals surface area contributed by atoms with E-state index < -0.39 is 17.8 Å². The zero-order valence-electron chi connectivity index (χ0n) is 13.1. The van der Waals surface area contributed by atoms with Crippen molar-refractivity contribution in [1.82, 2.24) is 15.5 Å². The number of aliphatic carboxylic acids is 1. The number of benzene rings is 1. The summed E-state index contributed by atoms with van der Waals surface area (Å²) in [4.78, 5) is 27.6. The van der Waals surface area contributed by atoms with Gasteiger partial charge in [0.2, 0.25) is 0 Å². The van der Waals surface area contributed by atoms with Crippen LogP contribution in [0.4, 0.5) is 0 Å². The van der Waals surface area contributed by atoms with Gasteiger partial charge in [-0.15, -0.1) is 11.3 Å². The highest BCUT2D eigenvalue weighted by Gasteiger charge is 2.21. The standard InChI is InChI=1S/C17H15N3O4S/c21-16(13-9-14(24-20-13)11-4-2-1-3-5-11)19-10-12(17(22)23)8-15-18-6-7-25-15/h1-7,9,12H,8,10H2,(H,19,21)(H,22,23)/t12-/m1/s1. The Kier molecular flexibility index (Phi) is 5.20. The van der Waals surface area contributed by atoms with Gasteiger partial charge >= 0.3 is 5.97 Å². The maximum atomic E-state index is 12.2. The van der Waals surface area contributed by atoms with Gasteiger partial charge in [-0.25, -0.2) is 4.98 Å². The van der Waals surface area contributed by atoms with Gasteiger partial charge in [-0.1, -0.05) is 35.5 Å². The van der Waals surface area contributed by atoms with Gasteiger partial charge in [0.05, 0.1) is 10.9 Å². The van der Waals surface area contributed by atoms with Crippen molar-refractivity contribution in [2.75, 3.05) is 6.54 Å². The smallest absolute Gasteiger partial charge is 0.308 e. The van der Waals surface area contributed by atoms with Gasteiger partial charge in [-0.2, -0.15) is 0 Å². The Hall–Kier alpha value is -3.00. The van der Waals surface area contributed by atoms with E-state index in [9.17, 15) is 14.7 Å². The van der Waals surface area contributed by atoms with E-state index in [1.807, 2.05) is 30.3 Å². The molecule has 7 nitrogen and oxygen atoms in total. The quantitative estimate of drug-likeness (QED) is 0.673. The number of hydrogen-bond donors (Lipinski definition) is 2. The monoisotopic (exact) mass is 357 g/mol. The highest BCUT2D eigenvalue weighted by Crippen LogP contribution is 2.19. The lowest BCUT2D eigenvalue weighted by atomic mass is 10.1. The summed E-state index contributed by atoms with van der Waals surface area (Å²) in [6.45, 7) is -0.0126. The van der Waals surface area contributed by atoms with Crippen molar-refractivity contribution in [3.63, 3.8) is 0 Å². The number of carbonyl (C=O) groups is 2. The molecule has 1 amide bonds. The van der Waals surface area contributed by atoms with Crippen molar-refractivity contribution in [2.45, 2.75) is 6.42 Å². The molecule has 25 heavy (non-hydrogen) atoms. The highest BCUT2D eigenvalue weighted by atomic mass is 32.1. The van der Waals surface area contributed by atoms with Crippen molar-refractivity contribution in [1.29, 1.82) is 0 Å². The lowest BCUT2D eigenvalue weighted by Crippen LogP contribution is -2.34. The lowest BCUT2D eigenvalue weighted by molar-refractivity contribution is -0.141. The highest BCUT2D eigenvalue weighted by molar-refractivity contribution is 7.09. The van der Waals surface area contributed by atoms with E-state index in [1.165, 1.54) is 17.4 Å². The number of amides is 1. The topological polar surface area (TPSA) is 105 Å². The molecule has 0 aliphatic heterocycles. The predicted molar refractivity (Wildman–Crippen MR) is 91.2 cm³/mol. The van der Waals surface area contributed by atoms with Crippen LogP contribution in [0.15, 0.2) is 52.5 Å². The number of nitrogens with one attached hydrogen (secondary N) is 1. The van der Waals surface area contributed by atoms with Gasteiger partial charge in [-0.3, -0.25) is 9.59 Å². The molecule has 0 aliphatic rings. The second-order valence-corrected chi connectivity index (χ2v) is 6.30. The molecule has 3 aromatic rings. The van der Waals surface area contributed by atoms with Crippen LogP contribution in [-0.2, 0) is 11.2 Å². The first-order chi connectivity index (χ1) is 12.1. The lowest BCUT2D eigenvalue weighted by Gasteiger charge is -2.11. The molecule has 0 aliphatic carbocycles. The molecular weight excluding hydrogens is 342 g/mol. The average molecular weight is 357 g/mol. The van der Waals surface area contributed by atoms with Crippen LogP contribution in [0.1, 0.15) is 15.5 Å². The van der Waals surface area contributed by atoms with Gasteiger partial charge in [-0.05, 0) is 0 Å². The fourth-order valence-corrected chi connectivity index (χ4v) is 2.94. The van der Waals surface area contributed by atoms with Gasteiger partial charge in [0.25, 0.3) is 5.91 Å². The summed E-state index contributed by atoms with van der Waals surface area (Å²) in [6.07, 6.45) is 1.89. The van der Waals surface area contributed by atoms with Gasteiger partial charge in [0.1, 0.15) is 0 Å². The molecule has 0 spiro atoms. The first-order valence-electron chi connectivity index (χ1n) is 7.55. The predicted octanol–water partition coefficient (Wildman–Crippen LogP) is 2.47. The third kappa shape index (κ3) is 4.30. The molecule has 3 rings (SSSR count). The first-order valence-corrected chi connectivity index (χ1v) is 8.43. The van der Waals surface area contributed by atoms with Crippen molar-refractivity contribution in [3.05, 3.63) is 58.7 Å². The molecule has 1 atom stereocenters. The third-order valence-corrected chi connectivity index (χ3v) is 4.37. The number of carboxylic acid groups (broad SMARTS) is 1. The van der Waals surface area contributed by atoms with E-state index in [4.69, 9.17) is 4.52 Å². The summed E-state index contributed by atoms with van der Waals surface area (Å²) >= 11 is 1.39. The largest absolute Gasteiger partial charge is 0.481 e. The fourth-order valence-electron chi connectivity index (χ4n) is 2.24. The molecule has 0 unspecified atom stereocenters. The molecule has 128 valence electrons. The Labute approximate surface area is 147 Å². The van der Waals surface area contributed by atoms with Crippen LogP contribution in [0, 0.1) is 5.92 Å². The van der Waals surface area contributed by atoms with Crippen molar-refractivity contribution >= 4 is 23.2 Å². The van der Waals surface area contributed by atoms with Crippen LogP contribution >= 0.6 is 11.3 Å². The molecule has 8 heteroatoms. The van der Waals surface area contributed by atoms with E-state index in [0.29, 0.717) is 5.76 Å². The van der Waals surface area contributed by atoms with Gasteiger partial charge in [0.15, 0.2) is 11.5 Å². The van der Waals surface area contributed by atoms with E-state index in [-0.39, 0.29) is 18.7 Å². The molecule has 0 fully saturated rings. The van der Waals surface area contributed by atoms with Gasteiger partial charge < -0.3 is 14.9 Å². The van der Waals surface area contributed by atoms with Crippen LogP contribution in [0.5, 0.6) is 0 Å². The normalized spacial score (nSPS) is 11.8. The molecule has 2 N–H and O–H groups in total. The minimum atomic E-state index is -0.986. The second kappa shape index (κ2) is 7.71. The maximum Gasteiger partial charge on any atom is 0.308 e. The number of thiazole rings is 1.